The average Bonchev–Trinajstić information content (AvgIpc) is 3.01. The summed E-state index contributed by atoms with van der Waals surface area (Å²) in [7, 11) is 1.87. The smallest absolute Gasteiger partial charge is 0.229 e. The number of hydrogen-bond donors (Lipinski definition) is 1. The van der Waals surface area contributed by atoms with Gasteiger partial charge in [0.25, 0.3) is 0 Å². The zero-order valence-corrected chi connectivity index (χ0v) is 13.8. The lowest BCUT2D eigenvalue weighted by Gasteiger charge is -2.06. The van der Waals surface area contributed by atoms with Crippen molar-refractivity contribution in [2.24, 2.45) is 7.05 Å². The highest BCUT2D eigenvalue weighted by Crippen LogP contribution is 2.26. The predicted octanol–water partition coefficient (Wildman–Crippen LogP) is 3.94. The van der Waals surface area contributed by atoms with Gasteiger partial charge in [-0.15, -0.1) is 11.3 Å². The quantitative estimate of drug-likeness (QED) is 0.793. The summed E-state index contributed by atoms with van der Waals surface area (Å²) in [4.78, 5) is 13.4. The van der Waals surface area contributed by atoms with Gasteiger partial charge in [0, 0.05) is 22.8 Å². The fraction of sp³-hybridized carbons (Fsp3) is 0.294. The number of anilines is 1. The summed E-state index contributed by atoms with van der Waals surface area (Å²) in [5.41, 5.74) is 1.73. The Hall–Kier alpha value is -2.14. The van der Waals surface area contributed by atoms with Crippen LogP contribution < -0.4 is 5.32 Å². The number of nitrogens with zero attached hydrogens (tertiary/aromatic N) is 2. The van der Waals surface area contributed by atoms with Gasteiger partial charge in [-0.05, 0) is 23.4 Å². The van der Waals surface area contributed by atoms with Crippen molar-refractivity contribution in [2.45, 2.75) is 26.2 Å². The molecule has 1 aromatic carbocycles. The molecule has 0 aliphatic carbocycles. The maximum absolute atomic E-state index is 12.3. The number of nitrogens with one attached hydrogen (secondary N) is 1. The minimum absolute atomic E-state index is 0.00135. The van der Waals surface area contributed by atoms with Gasteiger partial charge in [0.1, 0.15) is 0 Å². The highest BCUT2D eigenvalue weighted by atomic mass is 32.1. The van der Waals surface area contributed by atoms with Crippen molar-refractivity contribution in [3.63, 3.8) is 0 Å². The first-order valence-corrected chi connectivity index (χ1v) is 8.15. The highest BCUT2D eigenvalue weighted by Gasteiger charge is 2.14. The minimum atomic E-state index is 0.00135. The molecule has 3 rings (SSSR count). The van der Waals surface area contributed by atoms with Crippen molar-refractivity contribution >= 4 is 33.0 Å². The number of carbonyl (C=O) groups excluding carboxylic acids is 1. The second kappa shape index (κ2) is 5.93. The van der Waals surface area contributed by atoms with Gasteiger partial charge in [-0.3, -0.25) is 9.48 Å². The molecule has 0 fully saturated rings. The van der Waals surface area contributed by atoms with E-state index in [1.54, 1.807) is 16.0 Å². The third-order valence-corrected chi connectivity index (χ3v) is 4.61. The second-order valence-corrected chi connectivity index (χ2v) is 6.90. The summed E-state index contributed by atoms with van der Waals surface area (Å²) in [6.45, 7) is 4.15. The van der Waals surface area contributed by atoms with Gasteiger partial charge in [-0.25, -0.2) is 0 Å². The molecule has 1 amide bonds. The van der Waals surface area contributed by atoms with E-state index in [2.05, 4.69) is 42.5 Å². The van der Waals surface area contributed by atoms with Gasteiger partial charge in [0.15, 0.2) is 0 Å². The molecule has 0 saturated heterocycles. The fourth-order valence-corrected chi connectivity index (χ4v) is 3.57. The van der Waals surface area contributed by atoms with Crippen molar-refractivity contribution in [3.8, 4) is 0 Å². The maximum Gasteiger partial charge on any atom is 0.229 e. The lowest BCUT2D eigenvalue weighted by molar-refractivity contribution is -0.115. The number of rotatable bonds is 4. The SMILES string of the molecule is CC(C)c1nn(C)cc1NC(=O)Cc1cc2ccccc2s1. The third-order valence-electron chi connectivity index (χ3n) is 3.49. The number of aromatic nitrogens is 2. The van der Waals surface area contributed by atoms with Crippen LogP contribution in [0.5, 0.6) is 0 Å². The van der Waals surface area contributed by atoms with Gasteiger partial charge < -0.3 is 5.32 Å². The van der Waals surface area contributed by atoms with Crippen LogP contribution in [0.25, 0.3) is 10.1 Å². The summed E-state index contributed by atoms with van der Waals surface area (Å²) < 4.78 is 2.96. The van der Waals surface area contributed by atoms with E-state index in [0.717, 1.165) is 16.3 Å². The van der Waals surface area contributed by atoms with Crippen molar-refractivity contribution in [3.05, 3.63) is 47.1 Å². The molecular weight excluding hydrogens is 294 g/mol. The van der Waals surface area contributed by atoms with Gasteiger partial charge in [0.2, 0.25) is 5.91 Å². The Bertz CT molecular complexity index is 783. The van der Waals surface area contributed by atoms with E-state index in [9.17, 15) is 4.79 Å². The Morgan fingerprint density at radius 2 is 2.14 bits per heavy atom. The third kappa shape index (κ3) is 3.04. The predicted molar refractivity (Wildman–Crippen MR) is 91.5 cm³/mol. The number of fused-ring (bicyclic) bond motifs is 1. The second-order valence-electron chi connectivity index (χ2n) is 5.73. The van der Waals surface area contributed by atoms with Crippen molar-refractivity contribution < 1.29 is 4.79 Å². The topological polar surface area (TPSA) is 46.9 Å². The molecule has 22 heavy (non-hydrogen) atoms. The molecule has 3 aromatic rings. The Labute approximate surface area is 133 Å². The van der Waals surface area contributed by atoms with Crippen LogP contribution in [0.3, 0.4) is 0 Å². The summed E-state index contributed by atoms with van der Waals surface area (Å²) in [6, 6.07) is 10.3. The zero-order valence-electron chi connectivity index (χ0n) is 13.0. The summed E-state index contributed by atoms with van der Waals surface area (Å²) in [5.74, 6) is 0.280. The number of amides is 1. The average molecular weight is 313 g/mol. The molecule has 2 aromatic heterocycles. The van der Waals surface area contributed by atoms with E-state index < -0.39 is 0 Å². The Balaban J connectivity index is 1.75. The van der Waals surface area contributed by atoms with Crippen molar-refractivity contribution in [1.29, 1.82) is 0 Å². The molecule has 0 atom stereocenters. The summed E-state index contributed by atoms with van der Waals surface area (Å²) in [5, 5.41) is 8.59. The summed E-state index contributed by atoms with van der Waals surface area (Å²) in [6.07, 6.45) is 2.25. The number of aryl methyl sites for hydroxylation is 1. The van der Waals surface area contributed by atoms with Crippen LogP contribution in [0.15, 0.2) is 36.5 Å². The number of thiophene rings is 1. The maximum atomic E-state index is 12.3. The van der Waals surface area contributed by atoms with Crippen molar-refractivity contribution in [1.82, 2.24) is 9.78 Å². The first-order chi connectivity index (χ1) is 10.5. The Kier molecular flexibility index (Phi) is 3.98. The number of hydrogen-bond acceptors (Lipinski definition) is 3. The molecule has 0 saturated carbocycles. The molecule has 0 radical (unpaired) electrons. The largest absolute Gasteiger partial charge is 0.323 e. The normalized spacial score (nSPS) is 11.3. The van der Waals surface area contributed by atoms with E-state index in [1.165, 1.54) is 10.1 Å². The molecule has 2 heterocycles. The Morgan fingerprint density at radius 1 is 1.36 bits per heavy atom. The van der Waals surface area contributed by atoms with Crippen LogP contribution in [0.1, 0.15) is 30.3 Å². The monoisotopic (exact) mass is 313 g/mol. The molecule has 0 aliphatic rings. The van der Waals surface area contributed by atoms with Crippen LogP contribution in [0.4, 0.5) is 5.69 Å². The zero-order chi connectivity index (χ0) is 15.7. The fourth-order valence-electron chi connectivity index (χ4n) is 2.51. The molecule has 5 heteroatoms. The van der Waals surface area contributed by atoms with Crippen LogP contribution in [0, 0.1) is 0 Å². The lowest BCUT2D eigenvalue weighted by Crippen LogP contribution is -2.14. The van der Waals surface area contributed by atoms with E-state index in [-0.39, 0.29) is 11.8 Å². The Morgan fingerprint density at radius 3 is 2.86 bits per heavy atom. The van der Waals surface area contributed by atoms with E-state index in [4.69, 9.17) is 0 Å². The van der Waals surface area contributed by atoms with E-state index in [1.807, 2.05) is 25.4 Å². The molecule has 1 N–H and O–H groups in total. The molecule has 4 nitrogen and oxygen atoms in total. The first kappa shape index (κ1) is 14.8. The molecule has 0 aliphatic heterocycles. The van der Waals surface area contributed by atoms with E-state index >= 15 is 0 Å². The molecule has 0 unspecified atom stereocenters. The van der Waals surface area contributed by atoms with Crippen molar-refractivity contribution in [2.75, 3.05) is 5.32 Å². The van der Waals surface area contributed by atoms with Gasteiger partial charge in [-0.1, -0.05) is 32.0 Å². The standard InChI is InChI=1S/C17H19N3OS/c1-11(2)17-14(10-20(3)19-17)18-16(21)9-13-8-12-6-4-5-7-15(12)22-13/h4-8,10-11H,9H2,1-3H3,(H,18,21). The highest BCUT2D eigenvalue weighted by molar-refractivity contribution is 7.19. The first-order valence-electron chi connectivity index (χ1n) is 7.34. The minimum Gasteiger partial charge on any atom is -0.323 e. The molecule has 114 valence electrons. The van der Waals surface area contributed by atoms with Gasteiger partial charge in [-0.2, -0.15) is 5.10 Å². The molecular formula is C17H19N3OS. The molecule has 0 spiro atoms. The van der Waals surface area contributed by atoms with Crippen LogP contribution in [0.2, 0.25) is 0 Å². The van der Waals surface area contributed by atoms with Gasteiger partial charge >= 0.3 is 0 Å². The lowest BCUT2D eigenvalue weighted by atomic mass is 10.1. The van der Waals surface area contributed by atoms with Crippen LogP contribution >= 0.6 is 11.3 Å². The van der Waals surface area contributed by atoms with E-state index in [0.29, 0.717) is 6.42 Å². The summed E-state index contributed by atoms with van der Waals surface area (Å²) >= 11 is 1.67. The molecule has 0 bridgehead atoms. The number of benzene rings is 1. The van der Waals surface area contributed by atoms with Gasteiger partial charge in [0.05, 0.1) is 17.8 Å². The number of carbonyl (C=O) groups is 1. The van der Waals surface area contributed by atoms with Crippen LogP contribution in [-0.4, -0.2) is 15.7 Å². The van der Waals surface area contributed by atoms with Crippen LogP contribution in [-0.2, 0) is 18.3 Å².